The van der Waals surface area contributed by atoms with Crippen molar-refractivity contribution in [1.29, 1.82) is 0 Å². The van der Waals surface area contributed by atoms with Gasteiger partial charge in [0.05, 0.1) is 0 Å². The van der Waals surface area contributed by atoms with Crippen LogP contribution in [0.4, 0.5) is 5.95 Å². The van der Waals surface area contributed by atoms with Gasteiger partial charge in [0.1, 0.15) is 0 Å². The van der Waals surface area contributed by atoms with Crippen molar-refractivity contribution in [3.05, 3.63) is 23.9 Å². The summed E-state index contributed by atoms with van der Waals surface area (Å²) in [5.41, 5.74) is 2.11. The van der Waals surface area contributed by atoms with E-state index in [1.807, 2.05) is 22.8 Å². The molecule has 1 fully saturated rings. The van der Waals surface area contributed by atoms with Gasteiger partial charge in [0.25, 0.3) is 0 Å². The summed E-state index contributed by atoms with van der Waals surface area (Å²) in [6.07, 6.45) is 5.86. The highest BCUT2D eigenvalue weighted by atomic mass is 15.3. The number of anilines is 1. The van der Waals surface area contributed by atoms with Gasteiger partial charge >= 0.3 is 0 Å². The van der Waals surface area contributed by atoms with E-state index >= 15 is 0 Å². The summed E-state index contributed by atoms with van der Waals surface area (Å²) in [6.45, 7) is 4.19. The summed E-state index contributed by atoms with van der Waals surface area (Å²) in [5.74, 6) is 0.726. The number of nitrogens with one attached hydrogen (secondary N) is 1. The monoisotopic (exact) mass is 259 g/mol. The summed E-state index contributed by atoms with van der Waals surface area (Å²) in [5, 5.41) is 7.81. The second-order valence-corrected chi connectivity index (χ2v) is 5.45. The Bertz CT molecular complexity index is 562. The molecule has 1 N–H and O–H groups in total. The van der Waals surface area contributed by atoms with Gasteiger partial charge in [-0.3, -0.25) is 0 Å². The number of aromatic nitrogens is 3. The topological polar surface area (TPSA) is 45.5 Å². The molecule has 1 atom stereocenters. The Morgan fingerprint density at radius 1 is 1.42 bits per heavy atom. The van der Waals surface area contributed by atoms with Crippen molar-refractivity contribution < 1.29 is 0 Å². The zero-order valence-corrected chi connectivity index (χ0v) is 11.6. The van der Waals surface area contributed by atoms with Crippen molar-refractivity contribution in [2.45, 2.75) is 32.2 Å². The molecule has 3 heterocycles. The molecule has 1 aliphatic rings. The van der Waals surface area contributed by atoms with Crippen molar-refractivity contribution in [2.75, 3.05) is 25.5 Å². The lowest BCUT2D eigenvalue weighted by molar-refractivity contribution is 0.194. The van der Waals surface area contributed by atoms with Crippen LogP contribution in [0.15, 0.2) is 18.3 Å². The zero-order chi connectivity index (χ0) is 13.2. The summed E-state index contributed by atoms with van der Waals surface area (Å²) in [7, 11) is 2.20. The molecule has 0 radical (unpaired) electrons. The molecule has 102 valence electrons. The van der Waals surface area contributed by atoms with Crippen LogP contribution in [0.1, 0.15) is 24.8 Å². The van der Waals surface area contributed by atoms with Crippen molar-refractivity contribution in [1.82, 2.24) is 19.5 Å². The zero-order valence-electron chi connectivity index (χ0n) is 11.6. The van der Waals surface area contributed by atoms with Gasteiger partial charge in [-0.25, -0.2) is 4.52 Å². The lowest BCUT2D eigenvalue weighted by atomic mass is 10.0. The van der Waals surface area contributed by atoms with Crippen molar-refractivity contribution in [3.63, 3.8) is 0 Å². The molecule has 0 bridgehead atoms. The summed E-state index contributed by atoms with van der Waals surface area (Å²) < 4.78 is 1.82. The van der Waals surface area contributed by atoms with Gasteiger partial charge in [0, 0.05) is 18.8 Å². The molecule has 5 nitrogen and oxygen atoms in total. The van der Waals surface area contributed by atoms with Crippen molar-refractivity contribution in [3.8, 4) is 0 Å². The van der Waals surface area contributed by atoms with Crippen LogP contribution in [0, 0.1) is 6.92 Å². The van der Waals surface area contributed by atoms with Gasteiger partial charge in [-0.15, -0.1) is 5.10 Å². The van der Waals surface area contributed by atoms with Gasteiger partial charge in [-0.05, 0) is 51.1 Å². The number of likely N-dealkylation sites (N-methyl/N-ethyl adjacent to an activating group) is 1. The van der Waals surface area contributed by atoms with E-state index in [4.69, 9.17) is 0 Å². The number of rotatable bonds is 3. The first-order valence-electron chi connectivity index (χ1n) is 6.99. The highest BCUT2D eigenvalue weighted by Gasteiger charge is 2.18. The maximum absolute atomic E-state index is 4.51. The Morgan fingerprint density at radius 3 is 3.16 bits per heavy atom. The Kier molecular flexibility index (Phi) is 3.38. The van der Waals surface area contributed by atoms with Gasteiger partial charge in [0.2, 0.25) is 5.95 Å². The lowest BCUT2D eigenvalue weighted by Crippen LogP contribution is -2.40. The predicted molar refractivity (Wildman–Crippen MR) is 76.5 cm³/mol. The van der Waals surface area contributed by atoms with E-state index in [0.717, 1.165) is 18.1 Å². The fourth-order valence-electron chi connectivity index (χ4n) is 2.67. The van der Waals surface area contributed by atoms with Crippen LogP contribution < -0.4 is 5.32 Å². The first-order chi connectivity index (χ1) is 9.22. The van der Waals surface area contributed by atoms with E-state index in [2.05, 4.69) is 34.3 Å². The van der Waals surface area contributed by atoms with Crippen LogP contribution in [0.3, 0.4) is 0 Å². The largest absolute Gasteiger partial charge is 0.351 e. The Labute approximate surface area is 113 Å². The van der Waals surface area contributed by atoms with Gasteiger partial charge in [0.15, 0.2) is 5.65 Å². The SMILES string of the molecule is Cc1ccn2nc(NCC3CCCCN3C)nc2c1. The number of fused-ring (bicyclic) bond motifs is 1. The number of hydrogen-bond acceptors (Lipinski definition) is 4. The van der Waals surface area contributed by atoms with Crippen LogP contribution >= 0.6 is 0 Å². The molecule has 0 amide bonds. The van der Waals surface area contributed by atoms with E-state index in [9.17, 15) is 0 Å². The molecule has 19 heavy (non-hydrogen) atoms. The molecule has 0 saturated carbocycles. The smallest absolute Gasteiger partial charge is 0.243 e. The molecule has 3 rings (SSSR count). The number of piperidine rings is 1. The molecular weight excluding hydrogens is 238 g/mol. The third kappa shape index (κ3) is 2.71. The minimum absolute atomic E-state index is 0.599. The normalized spacial score (nSPS) is 20.8. The highest BCUT2D eigenvalue weighted by molar-refractivity contribution is 5.45. The number of hydrogen-bond donors (Lipinski definition) is 1. The van der Waals surface area contributed by atoms with E-state index in [1.165, 1.54) is 31.4 Å². The second-order valence-electron chi connectivity index (χ2n) is 5.45. The summed E-state index contributed by atoms with van der Waals surface area (Å²) in [6, 6.07) is 4.69. The highest BCUT2D eigenvalue weighted by Crippen LogP contribution is 2.15. The van der Waals surface area contributed by atoms with Gasteiger partial charge < -0.3 is 10.2 Å². The molecule has 0 spiro atoms. The average Bonchev–Trinajstić information content (AvgIpc) is 2.79. The van der Waals surface area contributed by atoms with Gasteiger partial charge in [-0.1, -0.05) is 6.42 Å². The van der Waals surface area contributed by atoms with Crippen LogP contribution in [-0.4, -0.2) is 45.7 Å². The van der Waals surface area contributed by atoms with Crippen LogP contribution in [0.2, 0.25) is 0 Å². The first kappa shape index (κ1) is 12.4. The average molecular weight is 259 g/mol. The van der Waals surface area contributed by atoms with E-state index in [-0.39, 0.29) is 0 Å². The quantitative estimate of drug-likeness (QED) is 0.915. The Balaban J connectivity index is 1.68. The first-order valence-corrected chi connectivity index (χ1v) is 6.99. The van der Waals surface area contributed by atoms with Crippen molar-refractivity contribution in [2.24, 2.45) is 0 Å². The minimum atomic E-state index is 0.599. The molecule has 0 aromatic carbocycles. The molecule has 0 aliphatic carbocycles. The van der Waals surface area contributed by atoms with Crippen LogP contribution in [0.25, 0.3) is 5.65 Å². The molecule has 5 heteroatoms. The standard InChI is InChI=1S/C14H21N5/c1-11-6-8-19-13(9-11)16-14(17-19)15-10-12-5-3-4-7-18(12)2/h6,8-9,12H,3-5,7,10H2,1-2H3,(H,15,17). The maximum atomic E-state index is 4.51. The summed E-state index contributed by atoms with van der Waals surface area (Å²) in [4.78, 5) is 6.93. The molecule has 1 unspecified atom stereocenters. The number of likely N-dealkylation sites (tertiary alicyclic amines) is 1. The lowest BCUT2D eigenvalue weighted by Gasteiger charge is -2.32. The minimum Gasteiger partial charge on any atom is -0.351 e. The fraction of sp³-hybridized carbons (Fsp3) is 0.571. The van der Waals surface area contributed by atoms with Crippen LogP contribution in [0.5, 0.6) is 0 Å². The summed E-state index contributed by atoms with van der Waals surface area (Å²) >= 11 is 0. The second kappa shape index (κ2) is 5.17. The Morgan fingerprint density at radius 2 is 2.32 bits per heavy atom. The molecule has 2 aromatic rings. The third-order valence-electron chi connectivity index (χ3n) is 3.91. The molecular formula is C14H21N5. The molecule has 2 aromatic heterocycles. The molecule has 1 aliphatic heterocycles. The molecule has 1 saturated heterocycles. The Hall–Kier alpha value is -1.62. The number of aryl methyl sites for hydroxylation is 1. The number of nitrogens with zero attached hydrogens (tertiary/aromatic N) is 4. The predicted octanol–water partition coefficient (Wildman–Crippen LogP) is 1.93. The van der Waals surface area contributed by atoms with Crippen molar-refractivity contribution >= 4 is 11.6 Å². The van der Waals surface area contributed by atoms with E-state index < -0.39 is 0 Å². The third-order valence-corrected chi connectivity index (χ3v) is 3.91. The van der Waals surface area contributed by atoms with E-state index in [0.29, 0.717) is 6.04 Å². The van der Waals surface area contributed by atoms with Crippen LogP contribution in [-0.2, 0) is 0 Å². The van der Waals surface area contributed by atoms with Gasteiger partial charge in [-0.2, -0.15) is 4.98 Å². The maximum Gasteiger partial charge on any atom is 0.243 e. The van der Waals surface area contributed by atoms with E-state index in [1.54, 1.807) is 0 Å². The fourth-order valence-corrected chi connectivity index (χ4v) is 2.67. The number of pyridine rings is 1.